The van der Waals surface area contributed by atoms with E-state index < -0.39 is 103 Å². The van der Waals surface area contributed by atoms with Gasteiger partial charge in [0.25, 0.3) is 0 Å². The van der Waals surface area contributed by atoms with E-state index in [0.29, 0.717) is 6.42 Å². The first-order chi connectivity index (χ1) is 31.3. The summed E-state index contributed by atoms with van der Waals surface area (Å²) in [6.07, 6.45) is 12.4. The van der Waals surface area contributed by atoms with Gasteiger partial charge in [0, 0.05) is 45.7 Å². The van der Waals surface area contributed by atoms with E-state index in [1.807, 2.05) is 7.05 Å². The van der Waals surface area contributed by atoms with Gasteiger partial charge in [0.05, 0.1) is 13.2 Å². The lowest BCUT2D eigenvalue weighted by Crippen LogP contribution is -2.72. The number of primary amides is 2. The molecule has 1 heterocycles. The van der Waals surface area contributed by atoms with Crippen LogP contribution in [0.4, 0.5) is 0 Å². The highest BCUT2D eigenvalue weighted by Crippen LogP contribution is 2.22. The van der Waals surface area contributed by atoms with Crippen molar-refractivity contribution >= 4 is 71.8 Å². The van der Waals surface area contributed by atoms with Crippen molar-refractivity contribution in [2.75, 3.05) is 39.5 Å². The van der Waals surface area contributed by atoms with Crippen LogP contribution in [0, 0.1) is 5.92 Å². The number of aliphatic imine (C=N–C) groups is 1. The largest absolute Gasteiger partial charge is 0.394 e. The van der Waals surface area contributed by atoms with Crippen molar-refractivity contribution in [1.82, 2.24) is 47.9 Å². The van der Waals surface area contributed by atoms with Gasteiger partial charge in [-0.3, -0.25) is 48.1 Å². The summed E-state index contributed by atoms with van der Waals surface area (Å²) in [5.74, 6) is -6.60. The highest BCUT2D eigenvalue weighted by molar-refractivity contribution is 7.80. The van der Waals surface area contributed by atoms with Gasteiger partial charge in [0.1, 0.15) is 35.7 Å². The van der Waals surface area contributed by atoms with Gasteiger partial charge in [-0.25, -0.2) is 0 Å². The second-order valence-electron chi connectivity index (χ2n) is 17.2. The number of piperazine rings is 1. The van der Waals surface area contributed by atoms with Crippen molar-refractivity contribution in [1.29, 1.82) is 0 Å². The van der Waals surface area contributed by atoms with Crippen LogP contribution < -0.4 is 59.3 Å². The third-order valence-corrected chi connectivity index (χ3v) is 11.6. The first-order valence-electron chi connectivity index (χ1n) is 23.1. The van der Waals surface area contributed by atoms with Crippen LogP contribution >= 0.6 is 12.6 Å². The molecule has 0 aromatic carbocycles. The molecule has 0 saturated carbocycles. The minimum absolute atomic E-state index is 0.0523. The van der Waals surface area contributed by atoms with Gasteiger partial charge in [0.2, 0.25) is 53.2 Å². The molecule has 22 nitrogen and oxygen atoms in total. The van der Waals surface area contributed by atoms with Crippen molar-refractivity contribution < 1.29 is 48.3 Å². The Hall–Kier alpha value is -5.19. The number of aliphatic hydroxyl groups is 1. The van der Waals surface area contributed by atoms with Crippen molar-refractivity contribution in [2.24, 2.45) is 22.4 Å². The number of hydrogen-bond acceptors (Lipinski definition) is 12. The van der Waals surface area contributed by atoms with Crippen LogP contribution in [0.25, 0.3) is 0 Å². The fraction of sp³-hybridized carbons (Fsp3) is 0.767. The number of aliphatic hydroxyl groups excluding tert-OH is 1. The van der Waals surface area contributed by atoms with Gasteiger partial charge < -0.3 is 64.4 Å². The highest BCUT2D eigenvalue weighted by Gasteiger charge is 2.48. The summed E-state index contributed by atoms with van der Waals surface area (Å²) >= 11 is 4.31. The van der Waals surface area contributed by atoms with E-state index in [-0.39, 0.29) is 43.3 Å². The number of nitrogens with zero attached hydrogens (tertiary/aromatic N) is 1. The molecular weight excluding hydrogens is 877 g/mol. The van der Waals surface area contributed by atoms with Crippen molar-refractivity contribution in [3.05, 3.63) is 0 Å². The number of amides is 9. The lowest BCUT2D eigenvalue weighted by Gasteiger charge is -2.41. The Balaban J connectivity index is 2.89. The third kappa shape index (κ3) is 23.3. The van der Waals surface area contributed by atoms with Crippen LogP contribution in [0.5, 0.6) is 0 Å². The summed E-state index contributed by atoms with van der Waals surface area (Å²) < 4.78 is 0. The van der Waals surface area contributed by atoms with Crippen LogP contribution in [-0.4, -0.2) is 140 Å². The van der Waals surface area contributed by atoms with Crippen LogP contribution in [0.1, 0.15) is 130 Å². The van der Waals surface area contributed by atoms with E-state index in [4.69, 9.17) is 11.5 Å². The topological polar surface area (TPSA) is 347 Å². The second kappa shape index (κ2) is 32.5. The zero-order valence-electron chi connectivity index (χ0n) is 39.5. The molecule has 66 heavy (non-hydrogen) atoms. The van der Waals surface area contributed by atoms with E-state index in [9.17, 15) is 48.3 Å². The van der Waals surface area contributed by atoms with Gasteiger partial charge in [0.15, 0.2) is 5.96 Å². The molecule has 376 valence electrons. The minimum Gasteiger partial charge on any atom is -0.394 e. The quantitative estimate of drug-likeness (QED) is 0.0150. The summed E-state index contributed by atoms with van der Waals surface area (Å²) in [4.78, 5) is 120. The number of carbonyl (C=O) groups excluding carboxylic acids is 9. The molecule has 0 spiro atoms. The van der Waals surface area contributed by atoms with Crippen LogP contribution in [0.2, 0.25) is 0 Å². The van der Waals surface area contributed by atoms with Crippen molar-refractivity contribution in [2.45, 2.75) is 166 Å². The molecule has 1 aliphatic heterocycles. The van der Waals surface area contributed by atoms with Crippen LogP contribution in [0.15, 0.2) is 4.99 Å². The molecule has 1 rings (SSSR count). The Labute approximate surface area is 394 Å². The first-order valence-corrected chi connectivity index (χ1v) is 23.7. The van der Waals surface area contributed by atoms with Gasteiger partial charge in [-0.05, 0) is 38.5 Å². The van der Waals surface area contributed by atoms with E-state index in [1.165, 1.54) is 45.4 Å². The average Bonchev–Trinajstić information content (AvgIpc) is 3.26. The van der Waals surface area contributed by atoms with Crippen LogP contribution in [-0.2, 0) is 43.2 Å². The monoisotopic (exact) mass is 955 g/mol. The Morgan fingerprint density at radius 2 is 1.32 bits per heavy atom. The van der Waals surface area contributed by atoms with Gasteiger partial charge in [-0.15, -0.1) is 0 Å². The Morgan fingerprint density at radius 3 is 1.83 bits per heavy atom. The smallest absolute Gasteiger partial charge is 0.247 e. The van der Waals surface area contributed by atoms with Gasteiger partial charge >= 0.3 is 0 Å². The molecule has 1 saturated heterocycles. The van der Waals surface area contributed by atoms with Crippen molar-refractivity contribution in [3.8, 4) is 0 Å². The number of thiol groups is 1. The minimum atomic E-state index is -1.86. The molecule has 1 fully saturated rings. The highest BCUT2D eigenvalue weighted by atomic mass is 32.1. The maximum Gasteiger partial charge on any atom is 0.247 e. The number of nitrogens with one attached hydrogen (secondary N) is 9. The molecule has 9 amide bonds. The molecule has 0 radical (unpaired) electrons. The Morgan fingerprint density at radius 1 is 0.742 bits per heavy atom. The summed E-state index contributed by atoms with van der Waals surface area (Å²) in [5, 5.41) is 33.0. The Kier molecular flexibility index (Phi) is 28.9. The van der Waals surface area contributed by atoms with Crippen molar-refractivity contribution in [3.63, 3.8) is 0 Å². The molecule has 6 atom stereocenters. The third-order valence-electron chi connectivity index (χ3n) is 11.0. The normalized spacial score (nSPS) is 17.8. The lowest BCUT2D eigenvalue weighted by molar-refractivity contribution is -0.143. The standard InChI is InChI=1S/C43H78N12O10S/c1-27(2)22-30(38(62)49-24-35(59)51-32(25-56)36(45)60)52-39(63)31(23-43(26-66)41(65)54-29(40(64)55-43)19-20-33(44)57)53-37(61)28(3)50-34(58)18-16-14-12-10-8-6-7-9-11-13-15-17-21-48-42(46-4)47-5/h27-32,56,66H,6-26H2,1-5H3,(H2,44,57)(H2,45,60)(H,49,62)(H,50,58)(H,51,59)(H,52,63)(H,53,61)(H,54,65)(H,55,64)(H2,46,47,48). The second-order valence-corrected chi connectivity index (χ2v) is 17.5. The fourth-order valence-corrected chi connectivity index (χ4v) is 7.52. The predicted octanol–water partition coefficient (Wildman–Crippen LogP) is -1.61. The van der Waals surface area contributed by atoms with Gasteiger partial charge in [-0.1, -0.05) is 78.1 Å². The van der Waals surface area contributed by atoms with E-state index >= 15 is 0 Å². The molecular formula is C43H78N12O10S. The van der Waals surface area contributed by atoms with Gasteiger partial charge in [-0.2, -0.15) is 12.6 Å². The number of unbranched alkanes of at least 4 members (excludes halogenated alkanes) is 11. The first kappa shape index (κ1) is 58.8. The number of rotatable bonds is 34. The molecule has 23 heteroatoms. The summed E-state index contributed by atoms with van der Waals surface area (Å²) in [5.41, 5.74) is 8.51. The lowest BCUT2D eigenvalue weighted by atomic mass is 9.87. The van der Waals surface area contributed by atoms with E-state index in [0.717, 1.165) is 44.6 Å². The molecule has 6 unspecified atom stereocenters. The average molecular weight is 955 g/mol. The number of hydrogen-bond donors (Lipinski definition) is 13. The maximum absolute atomic E-state index is 14.1. The number of nitrogens with two attached hydrogens (primary N) is 2. The zero-order valence-corrected chi connectivity index (χ0v) is 40.4. The molecule has 0 aromatic heterocycles. The molecule has 1 aliphatic rings. The molecule has 14 N–H and O–H groups in total. The van der Waals surface area contributed by atoms with E-state index in [2.05, 4.69) is 65.5 Å². The summed E-state index contributed by atoms with van der Waals surface area (Å²) in [7, 11) is 3.59. The zero-order chi connectivity index (χ0) is 49.7. The maximum atomic E-state index is 14.1. The fourth-order valence-electron chi connectivity index (χ4n) is 7.17. The molecule has 0 aliphatic carbocycles. The Bertz CT molecular complexity index is 1640. The predicted molar refractivity (Wildman–Crippen MR) is 252 cm³/mol. The summed E-state index contributed by atoms with van der Waals surface area (Å²) in [6.45, 7) is 4.45. The number of guanidine groups is 1. The molecule has 0 bridgehead atoms. The SMILES string of the molecule is CN=C(NC)NCCCCCCCCCCCCCCC(=O)NC(C)C(=O)NC(CC1(CS)NC(=O)C(CCC(N)=O)NC1=O)C(=O)NC(CC(C)C)C(=O)NCC(=O)NC(CO)C(N)=O. The van der Waals surface area contributed by atoms with Crippen LogP contribution in [0.3, 0.4) is 0 Å². The molecule has 0 aromatic rings. The van der Waals surface area contributed by atoms with E-state index in [1.54, 1.807) is 20.9 Å². The number of carbonyl (C=O) groups is 9. The summed E-state index contributed by atoms with van der Waals surface area (Å²) in [6, 6.07) is -6.52.